The van der Waals surface area contributed by atoms with Gasteiger partial charge in [0, 0.05) is 55.5 Å². The van der Waals surface area contributed by atoms with E-state index in [0.717, 1.165) is 24.3 Å². The van der Waals surface area contributed by atoms with E-state index in [-0.39, 0.29) is 40.9 Å². The molecule has 0 saturated carbocycles. The van der Waals surface area contributed by atoms with Gasteiger partial charge in [0.25, 0.3) is 11.8 Å². The van der Waals surface area contributed by atoms with Crippen LogP contribution >= 0.6 is 0 Å². The normalized spacial score (nSPS) is 15.5. The summed E-state index contributed by atoms with van der Waals surface area (Å²) in [5, 5.41) is 12.8. The Hall–Kier alpha value is -4.61. The molecule has 0 aliphatic carbocycles. The van der Waals surface area contributed by atoms with Crippen molar-refractivity contribution in [3.63, 3.8) is 0 Å². The smallest absolute Gasteiger partial charge is 0.416 e. The van der Waals surface area contributed by atoms with Crippen LogP contribution in [0.4, 0.5) is 26.3 Å². The quantitative estimate of drug-likeness (QED) is 0.177. The fraction of sp³-hybridized carbons (Fsp3) is 0.258. The Kier molecular flexibility index (Phi) is 9.27. The minimum Gasteiger partial charge on any atom is -0.510 e. The number of aliphatic hydroxyl groups excluding tert-OH is 1. The molecule has 6 nitrogen and oxygen atoms in total. The first-order chi connectivity index (χ1) is 20.2. The number of carbonyl (C=O) groups is 2. The highest BCUT2D eigenvalue weighted by atomic mass is 19.4. The highest BCUT2D eigenvalue weighted by molar-refractivity contribution is 5.95. The number of benzene rings is 2. The maximum Gasteiger partial charge on any atom is 0.416 e. The van der Waals surface area contributed by atoms with Crippen LogP contribution in [0.2, 0.25) is 0 Å². The van der Waals surface area contributed by atoms with Gasteiger partial charge in [0.05, 0.1) is 12.1 Å². The van der Waals surface area contributed by atoms with Crippen LogP contribution in [0.1, 0.15) is 45.5 Å². The van der Waals surface area contributed by atoms with Gasteiger partial charge in [-0.05, 0) is 71.7 Å². The first-order valence-corrected chi connectivity index (χ1v) is 13.2. The van der Waals surface area contributed by atoms with Gasteiger partial charge in [0.2, 0.25) is 5.91 Å². The Balaban J connectivity index is 1.57. The molecule has 226 valence electrons. The zero-order chi connectivity index (χ0) is 31.4. The number of aromatic nitrogens is 1. The van der Waals surface area contributed by atoms with E-state index in [2.05, 4.69) is 10.3 Å². The molecule has 2 aromatic carbocycles. The molecule has 43 heavy (non-hydrogen) atoms. The fourth-order valence-corrected chi connectivity index (χ4v) is 4.55. The summed E-state index contributed by atoms with van der Waals surface area (Å²) in [6, 6.07) is 8.64. The van der Waals surface area contributed by atoms with Gasteiger partial charge in [0.1, 0.15) is 11.6 Å². The molecule has 2 N–H and O–H groups in total. The number of pyridine rings is 1. The maximum absolute atomic E-state index is 15.2. The topological polar surface area (TPSA) is 82.5 Å². The number of alkyl halides is 5. The Labute approximate surface area is 243 Å². The van der Waals surface area contributed by atoms with Crippen LogP contribution in [0.25, 0.3) is 23.3 Å². The van der Waals surface area contributed by atoms with Crippen molar-refractivity contribution in [3.8, 4) is 11.1 Å². The Morgan fingerprint density at radius 3 is 2.47 bits per heavy atom. The van der Waals surface area contributed by atoms with E-state index in [1.54, 1.807) is 18.3 Å². The molecule has 0 spiro atoms. The lowest BCUT2D eigenvalue weighted by atomic mass is 9.93. The lowest BCUT2D eigenvalue weighted by molar-refractivity contribution is -0.138. The number of aliphatic hydroxyl groups is 1. The molecular formula is C31H27F6N3O3. The molecule has 1 fully saturated rings. The van der Waals surface area contributed by atoms with E-state index >= 15 is 4.39 Å². The summed E-state index contributed by atoms with van der Waals surface area (Å²) in [6.45, 7) is 0.390. The summed E-state index contributed by atoms with van der Waals surface area (Å²) >= 11 is 0. The first-order valence-electron chi connectivity index (χ1n) is 13.2. The number of hydrogen-bond acceptors (Lipinski definition) is 4. The molecule has 3 aromatic rings. The maximum atomic E-state index is 15.2. The number of rotatable bonds is 7. The predicted octanol–water partition coefficient (Wildman–Crippen LogP) is 6.81. The van der Waals surface area contributed by atoms with E-state index in [4.69, 9.17) is 0 Å². The van der Waals surface area contributed by atoms with Crippen molar-refractivity contribution in [3.05, 3.63) is 100 Å². The second-order valence-electron chi connectivity index (χ2n) is 10.1. The number of nitrogens with zero attached hydrogens (tertiary/aromatic N) is 2. The van der Waals surface area contributed by atoms with Gasteiger partial charge >= 0.3 is 6.18 Å². The fourth-order valence-electron chi connectivity index (χ4n) is 4.55. The highest BCUT2D eigenvalue weighted by Crippen LogP contribution is 2.38. The zero-order valence-corrected chi connectivity index (χ0v) is 22.9. The molecule has 12 heteroatoms. The second-order valence-corrected chi connectivity index (χ2v) is 10.1. The summed E-state index contributed by atoms with van der Waals surface area (Å²) in [5.41, 5.74) is -1.26. The Morgan fingerprint density at radius 1 is 1.12 bits per heavy atom. The molecule has 4 rings (SSSR count). The molecule has 0 unspecified atom stereocenters. The standard InChI is InChI=1S/C31H27F6N3O3/c1-19-22(14-24(41)18-39-28(42)7-4-20-3-2-10-38-17-20)13-23(15-26(19)31(35,36)37)25-6-5-21(16-27(25)32)29(43)40-11-8-30(33,34)9-12-40/h2-7,10,13-17,41H,8-9,11-12,18H2,1H3,(H,39,42)/b7-4+,24-14-. The van der Waals surface area contributed by atoms with Crippen molar-refractivity contribution < 1.29 is 41.0 Å². The SMILES string of the molecule is Cc1c(/C=C(\O)CNC(=O)/C=C/c2cccnc2)cc(-c2ccc(C(=O)N3CCC(F)(F)CC3)cc2F)cc1C(F)(F)F. The summed E-state index contributed by atoms with van der Waals surface area (Å²) in [7, 11) is 0. The van der Waals surface area contributed by atoms with E-state index < -0.39 is 60.4 Å². The first kappa shape index (κ1) is 31.3. The van der Waals surface area contributed by atoms with Crippen molar-refractivity contribution >= 4 is 24.0 Å². The molecular weight excluding hydrogens is 576 g/mol. The highest BCUT2D eigenvalue weighted by Gasteiger charge is 2.36. The van der Waals surface area contributed by atoms with Crippen LogP contribution < -0.4 is 5.32 Å². The van der Waals surface area contributed by atoms with Gasteiger partial charge in [-0.2, -0.15) is 13.2 Å². The summed E-state index contributed by atoms with van der Waals surface area (Å²) in [5.74, 6) is -5.55. The summed E-state index contributed by atoms with van der Waals surface area (Å²) in [4.78, 5) is 29.9. The summed E-state index contributed by atoms with van der Waals surface area (Å²) < 4.78 is 83.9. The van der Waals surface area contributed by atoms with Gasteiger partial charge in [0.15, 0.2) is 0 Å². The lowest BCUT2D eigenvalue weighted by Gasteiger charge is -2.31. The molecule has 0 atom stereocenters. The lowest BCUT2D eigenvalue weighted by Crippen LogP contribution is -2.42. The molecule has 0 radical (unpaired) electrons. The molecule has 1 aromatic heterocycles. The second kappa shape index (κ2) is 12.7. The van der Waals surface area contributed by atoms with Crippen molar-refractivity contribution in [2.24, 2.45) is 0 Å². The van der Waals surface area contributed by atoms with Crippen molar-refractivity contribution in [1.82, 2.24) is 15.2 Å². The molecule has 2 amide bonds. The molecule has 0 bridgehead atoms. The minimum atomic E-state index is -4.81. The van der Waals surface area contributed by atoms with Crippen LogP contribution in [0, 0.1) is 12.7 Å². The van der Waals surface area contributed by atoms with Crippen LogP contribution in [-0.2, 0) is 11.0 Å². The Bertz CT molecular complexity index is 1560. The average molecular weight is 604 g/mol. The van der Waals surface area contributed by atoms with Crippen molar-refractivity contribution in [1.29, 1.82) is 0 Å². The largest absolute Gasteiger partial charge is 0.510 e. The number of amides is 2. The van der Waals surface area contributed by atoms with Crippen LogP contribution in [0.15, 0.2) is 66.7 Å². The molecule has 1 saturated heterocycles. The van der Waals surface area contributed by atoms with Gasteiger partial charge < -0.3 is 15.3 Å². The van der Waals surface area contributed by atoms with Crippen LogP contribution in [-0.4, -0.2) is 52.4 Å². The number of hydrogen-bond donors (Lipinski definition) is 2. The predicted molar refractivity (Wildman–Crippen MR) is 149 cm³/mol. The van der Waals surface area contributed by atoms with Gasteiger partial charge in [-0.3, -0.25) is 14.6 Å². The van der Waals surface area contributed by atoms with E-state index in [1.807, 2.05) is 0 Å². The van der Waals surface area contributed by atoms with E-state index in [1.165, 1.54) is 42.3 Å². The monoisotopic (exact) mass is 603 g/mol. The Morgan fingerprint density at radius 2 is 1.84 bits per heavy atom. The van der Waals surface area contributed by atoms with Crippen molar-refractivity contribution in [2.45, 2.75) is 31.9 Å². The zero-order valence-electron chi connectivity index (χ0n) is 22.9. The summed E-state index contributed by atoms with van der Waals surface area (Å²) in [6.07, 6.45) is 0.987. The third-order valence-electron chi connectivity index (χ3n) is 6.94. The van der Waals surface area contributed by atoms with E-state index in [0.29, 0.717) is 5.56 Å². The number of piperidine rings is 1. The number of carbonyl (C=O) groups excluding carboxylic acids is 2. The van der Waals surface area contributed by atoms with Crippen LogP contribution in [0.5, 0.6) is 0 Å². The van der Waals surface area contributed by atoms with Crippen molar-refractivity contribution in [2.75, 3.05) is 19.6 Å². The van der Waals surface area contributed by atoms with Gasteiger partial charge in [-0.1, -0.05) is 12.1 Å². The van der Waals surface area contributed by atoms with Gasteiger partial charge in [-0.25, -0.2) is 13.2 Å². The average Bonchev–Trinajstić information content (AvgIpc) is 2.95. The van der Waals surface area contributed by atoms with E-state index in [9.17, 15) is 36.6 Å². The molecule has 1 aliphatic heterocycles. The molecule has 1 aliphatic rings. The number of likely N-dealkylation sites (tertiary alicyclic amines) is 1. The third-order valence-corrected chi connectivity index (χ3v) is 6.94. The number of halogens is 6. The van der Waals surface area contributed by atoms with Crippen LogP contribution in [0.3, 0.4) is 0 Å². The number of nitrogens with one attached hydrogen (secondary N) is 1. The molecule has 2 heterocycles. The third kappa shape index (κ3) is 8.02. The van der Waals surface area contributed by atoms with Gasteiger partial charge in [-0.15, -0.1) is 0 Å². The minimum absolute atomic E-state index is 0.0729.